The highest BCUT2D eigenvalue weighted by molar-refractivity contribution is 5.66. The number of hydrogen-bond acceptors (Lipinski definition) is 3. The lowest BCUT2D eigenvalue weighted by molar-refractivity contribution is -0.145. The number of aliphatic hydroxyl groups excluding tert-OH is 1. The van der Waals surface area contributed by atoms with Crippen LogP contribution in [0.1, 0.15) is 13.8 Å². The second-order valence-corrected chi connectivity index (χ2v) is 2.97. The van der Waals surface area contributed by atoms with Gasteiger partial charge in [-0.15, -0.1) is 0 Å². The Kier molecular flexibility index (Phi) is 9.60. The van der Waals surface area contributed by atoms with Crippen molar-refractivity contribution >= 4 is 5.97 Å². The quantitative estimate of drug-likeness (QED) is 0.455. The van der Waals surface area contributed by atoms with Crippen molar-refractivity contribution < 1.29 is 14.6 Å². The van der Waals surface area contributed by atoms with Crippen LogP contribution < -0.4 is 0 Å². The molecule has 0 aromatic rings. The summed E-state index contributed by atoms with van der Waals surface area (Å²) in [5, 5.41) is 8.89. The zero-order chi connectivity index (χ0) is 13.6. The van der Waals surface area contributed by atoms with Crippen molar-refractivity contribution in [3.63, 3.8) is 0 Å². The predicted octanol–water partition coefficient (Wildman–Crippen LogP) is 1.05. The fraction of sp³-hybridized carbons (Fsp3) is 0.267. The molecule has 0 aliphatic rings. The summed E-state index contributed by atoms with van der Waals surface area (Å²) in [7, 11) is 0. The molecule has 0 spiro atoms. The molecule has 92 valence electrons. The van der Waals surface area contributed by atoms with Gasteiger partial charge in [-0.2, -0.15) is 0 Å². The highest BCUT2D eigenvalue weighted by Gasteiger charge is 2.04. The summed E-state index contributed by atoms with van der Waals surface area (Å²) in [5.74, 6) is 15.1. The van der Waals surface area contributed by atoms with Crippen LogP contribution in [0.2, 0.25) is 0 Å². The van der Waals surface area contributed by atoms with Gasteiger partial charge in [0.2, 0.25) is 0 Å². The monoisotopic (exact) mass is 242 g/mol. The summed E-state index contributed by atoms with van der Waals surface area (Å²) < 4.78 is 4.79. The Bertz CT molecular complexity index is 493. The van der Waals surface area contributed by atoms with Gasteiger partial charge in [0.05, 0.1) is 6.61 Å². The lowest BCUT2D eigenvalue weighted by atomic mass is 10.3. The highest BCUT2D eigenvalue weighted by Crippen LogP contribution is 1.94. The first kappa shape index (κ1) is 15.6. The molecule has 0 rings (SSSR count). The summed E-state index contributed by atoms with van der Waals surface area (Å²) in [5.41, 5.74) is 0. The van der Waals surface area contributed by atoms with E-state index in [1.54, 1.807) is 31.2 Å². The minimum Gasteiger partial charge on any atom is -0.456 e. The third-order valence-electron chi connectivity index (χ3n) is 1.50. The maximum Gasteiger partial charge on any atom is 0.303 e. The Morgan fingerprint density at radius 2 is 2.00 bits per heavy atom. The van der Waals surface area contributed by atoms with Gasteiger partial charge in [0.15, 0.2) is 0 Å². The first-order chi connectivity index (χ1) is 8.70. The number of allylic oxidation sites excluding steroid dienone is 3. The average molecular weight is 242 g/mol. The van der Waals surface area contributed by atoms with Crippen LogP contribution in [0.3, 0.4) is 0 Å². The van der Waals surface area contributed by atoms with E-state index in [4.69, 9.17) is 9.84 Å². The Morgan fingerprint density at radius 3 is 2.61 bits per heavy atom. The number of aliphatic hydroxyl groups is 1. The van der Waals surface area contributed by atoms with Crippen LogP contribution in [-0.2, 0) is 9.53 Å². The molecule has 0 heterocycles. The van der Waals surface area contributed by atoms with Gasteiger partial charge >= 0.3 is 5.97 Å². The third kappa shape index (κ3) is 10.1. The summed E-state index contributed by atoms with van der Waals surface area (Å²) in [6, 6.07) is 0. The van der Waals surface area contributed by atoms with Gasteiger partial charge in [0.1, 0.15) is 6.10 Å². The number of hydrogen-bond donors (Lipinski definition) is 1. The zero-order valence-corrected chi connectivity index (χ0v) is 10.4. The Labute approximate surface area is 108 Å². The van der Waals surface area contributed by atoms with Gasteiger partial charge in [-0.3, -0.25) is 4.79 Å². The smallest absolute Gasteiger partial charge is 0.303 e. The van der Waals surface area contributed by atoms with Gasteiger partial charge in [-0.05, 0) is 42.8 Å². The van der Waals surface area contributed by atoms with Crippen molar-refractivity contribution in [3.05, 3.63) is 24.3 Å². The van der Waals surface area contributed by atoms with Crippen LogP contribution >= 0.6 is 0 Å². The Morgan fingerprint density at radius 1 is 1.28 bits per heavy atom. The highest BCUT2D eigenvalue weighted by atomic mass is 16.5. The molecule has 0 aliphatic carbocycles. The lowest BCUT2D eigenvalue weighted by Gasteiger charge is -2.08. The molecule has 1 N–H and O–H groups in total. The molecule has 0 saturated carbocycles. The number of carbonyl (C=O) groups excluding carboxylic acids is 1. The van der Waals surface area contributed by atoms with E-state index in [0.29, 0.717) is 0 Å². The minimum absolute atomic E-state index is 0.253. The van der Waals surface area contributed by atoms with Gasteiger partial charge in [0.25, 0.3) is 0 Å². The molecule has 18 heavy (non-hydrogen) atoms. The molecule has 0 bridgehead atoms. The topological polar surface area (TPSA) is 46.5 Å². The van der Waals surface area contributed by atoms with E-state index in [1.807, 2.05) is 0 Å². The SMILES string of the molecule is CC#CC#CC#C/C=C/C=C/[C@H](CO)OC(C)=O. The first-order valence-electron chi connectivity index (χ1n) is 5.24. The molecule has 3 heteroatoms. The maximum atomic E-state index is 10.6. The van der Waals surface area contributed by atoms with Crippen LogP contribution in [0.5, 0.6) is 0 Å². The molecule has 1 atom stereocenters. The maximum absolute atomic E-state index is 10.6. The van der Waals surface area contributed by atoms with Crippen LogP contribution in [0, 0.1) is 35.5 Å². The first-order valence-corrected chi connectivity index (χ1v) is 5.24. The molecule has 0 fully saturated rings. The molecule has 3 nitrogen and oxygen atoms in total. The number of esters is 1. The standard InChI is InChI=1S/C15H14O3/c1-3-4-5-6-7-8-9-10-11-12-15(13-16)18-14(2)17/h9-12,15-16H,13H2,1-2H3/b10-9+,12-11+/t15-/m1/s1. The molecule has 0 unspecified atom stereocenters. The van der Waals surface area contributed by atoms with Crippen molar-refractivity contribution in [3.8, 4) is 35.5 Å². The van der Waals surface area contributed by atoms with Gasteiger partial charge in [-0.1, -0.05) is 24.0 Å². The lowest BCUT2D eigenvalue weighted by Crippen LogP contribution is -2.17. The van der Waals surface area contributed by atoms with Crippen molar-refractivity contribution in [1.29, 1.82) is 0 Å². The van der Waals surface area contributed by atoms with E-state index in [2.05, 4.69) is 35.5 Å². The Hall–Kier alpha value is -2.41. The minimum atomic E-state index is -0.625. The molecule has 0 amide bonds. The second kappa shape index (κ2) is 11.1. The summed E-state index contributed by atoms with van der Waals surface area (Å²) >= 11 is 0. The van der Waals surface area contributed by atoms with Crippen molar-refractivity contribution in [2.45, 2.75) is 20.0 Å². The van der Waals surface area contributed by atoms with Crippen molar-refractivity contribution in [2.24, 2.45) is 0 Å². The molecule has 0 radical (unpaired) electrons. The summed E-state index contributed by atoms with van der Waals surface area (Å²) in [6.07, 6.45) is 5.82. The molecule has 0 aliphatic heterocycles. The molecule has 0 aromatic carbocycles. The van der Waals surface area contributed by atoms with E-state index in [1.165, 1.54) is 6.92 Å². The van der Waals surface area contributed by atoms with Gasteiger partial charge in [-0.25, -0.2) is 0 Å². The predicted molar refractivity (Wildman–Crippen MR) is 69.9 cm³/mol. The van der Waals surface area contributed by atoms with Gasteiger partial charge < -0.3 is 9.84 Å². The second-order valence-electron chi connectivity index (χ2n) is 2.97. The van der Waals surface area contributed by atoms with Crippen molar-refractivity contribution in [2.75, 3.05) is 6.61 Å². The van der Waals surface area contributed by atoms with Crippen LogP contribution in [0.25, 0.3) is 0 Å². The van der Waals surface area contributed by atoms with E-state index < -0.39 is 12.1 Å². The van der Waals surface area contributed by atoms with E-state index in [9.17, 15) is 4.79 Å². The molecule has 0 saturated heterocycles. The molecular weight excluding hydrogens is 228 g/mol. The normalized spacial score (nSPS) is 10.6. The van der Waals surface area contributed by atoms with E-state index in [0.717, 1.165) is 0 Å². The van der Waals surface area contributed by atoms with Gasteiger partial charge in [0, 0.05) is 6.92 Å². The van der Waals surface area contributed by atoms with E-state index in [-0.39, 0.29) is 6.61 Å². The summed E-state index contributed by atoms with van der Waals surface area (Å²) in [4.78, 5) is 10.6. The number of rotatable bonds is 4. The largest absolute Gasteiger partial charge is 0.456 e. The molecule has 0 aromatic heterocycles. The van der Waals surface area contributed by atoms with Crippen molar-refractivity contribution in [1.82, 2.24) is 0 Å². The summed E-state index contributed by atoms with van der Waals surface area (Å²) in [6.45, 7) is 2.74. The fourth-order valence-corrected chi connectivity index (χ4v) is 0.845. The van der Waals surface area contributed by atoms with Crippen LogP contribution in [0.4, 0.5) is 0 Å². The van der Waals surface area contributed by atoms with E-state index >= 15 is 0 Å². The third-order valence-corrected chi connectivity index (χ3v) is 1.50. The number of carbonyl (C=O) groups is 1. The van der Waals surface area contributed by atoms with Crippen LogP contribution in [0.15, 0.2) is 24.3 Å². The average Bonchev–Trinajstić information content (AvgIpc) is 2.35. The fourth-order valence-electron chi connectivity index (χ4n) is 0.845. The Balaban J connectivity index is 4.17. The zero-order valence-electron chi connectivity index (χ0n) is 10.4. The van der Waals surface area contributed by atoms with Crippen LogP contribution in [-0.4, -0.2) is 23.8 Å². The number of ether oxygens (including phenoxy) is 1. The molecular formula is C15H14O3.